The molecule has 0 aromatic rings. The van der Waals surface area contributed by atoms with Crippen LogP contribution >= 0.6 is 0 Å². The van der Waals surface area contributed by atoms with Crippen molar-refractivity contribution in [2.24, 2.45) is 11.8 Å². The Kier molecular flexibility index (Phi) is 5.26. The summed E-state index contributed by atoms with van der Waals surface area (Å²) < 4.78 is 0. The molecule has 1 aliphatic carbocycles. The quantitative estimate of drug-likeness (QED) is 0.748. The summed E-state index contributed by atoms with van der Waals surface area (Å²) in [4.78, 5) is 13.9. The first-order valence-electron chi connectivity index (χ1n) is 6.03. The van der Waals surface area contributed by atoms with Crippen LogP contribution in [0.2, 0.25) is 0 Å². The zero-order valence-electron chi connectivity index (χ0n) is 9.91. The van der Waals surface area contributed by atoms with Gasteiger partial charge in [-0.3, -0.25) is 4.79 Å². The van der Waals surface area contributed by atoms with Crippen LogP contribution in [0.4, 0.5) is 0 Å². The number of aliphatic hydroxyl groups excluding tert-OH is 1. The minimum atomic E-state index is 0.185. The van der Waals surface area contributed by atoms with Crippen molar-refractivity contribution in [3.63, 3.8) is 0 Å². The van der Waals surface area contributed by atoms with Crippen molar-refractivity contribution in [3.05, 3.63) is 0 Å². The van der Waals surface area contributed by atoms with Crippen molar-refractivity contribution in [2.75, 3.05) is 26.2 Å². The van der Waals surface area contributed by atoms with Crippen LogP contribution in [-0.4, -0.2) is 42.0 Å². The largest absolute Gasteiger partial charge is 0.395 e. The highest BCUT2D eigenvalue weighted by atomic mass is 16.3. The van der Waals surface area contributed by atoms with E-state index in [4.69, 9.17) is 5.11 Å². The third-order valence-electron chi connectivity index (χ3n) is 3.37. The summed E-state index contributed by atoms with van der Waals surface area (Å²) in [6.07, 6.45) is 2.84. The fourth-order valence-corrected chi connectivity index (χ4v) is 2.34. The average molecular weight is 213 g/mol. The van der Waals surface area contributed by atoms with Crippen molar-refractivity contribution in [1.82, 2.24) is 4.90 Å². The van der Waals surface area contributed by atoms with E-state index >= 15 is 0 Å². The molecule has 0 spiro atoms. The number of likely N-dealkylation sites (N-methyl/N-ethyl adjacent to an activating group) is 1. The minimum absolute atomic E-state index is 0.185. The van der Waals surface area contributed by atoms with Gasteiger partial charge in [-0.05, 0) is 25.3 Å². The Morgan fingerprint density at radius 1 is 1.53 bits per heavy atom. The maximum Gasteiger partial charge on any atom is 0.137 e. The van der Waals surface area contributed by atoms with Crippen LogP contribution in [-0.2, 0) is 4.79 Å². The second-order valence-electron chi connectivity index (χ2n) is 4.66. The minimum Gasteiger partial charge on any atom is -0.395 e. The van der Waals surface area contributed by atoms with Crippen molar-refractivity contribution in [2.45, 2.75) is 33.1 Å². The first-order valence-corrected chi connectivity index (χ1v) is 6.03. The van der Waals surface area contributed by atoms with Crippen LogP contribution in [0.25, 0.3) is 0 Å². The Bertz CT molecular complexity index is 206. The van der Waals surface area contributed by atoms with E-state index in [1.165, 1.54) is 0 Å². The molecule has 0 aliphatic heterocycles. The molecule has 0 aromatic heterocycles. The molecule has 0 saturated heterocycles. The first-order chi connectivity index (χ1) is 7.17. The van der Waals surface area contributed by atoms with Crippen LogP contribution in [0.5, 0.6) is 0 Å². The summed E-state index contributed by atoms with van der Waals surface area (Å²) in [6.45, 7) is 6.92. The second kappa shape index (κ2) is 6.23. The molecule has 2 unspecified atom stereocenters. The molecule has 88 valence electrons. The molecule has 15 heavy (non-hydrogen) atoms. The second-order valence-corrected chi connectivity index (χ2v) is 4.66. The Hall–Kier alpha value is -0.410. The van der Waals surface area contributed by atoms with E-state index in [-0.39, 0.29) is 12.5 Å². The lowest BCUT2D eigenvalue weighted by molar-refractivity contribution is -0.126. The number of aliphatic hydroxyl groups is 1. The predicted octanol–water partition coefficient (Wildman–Crippen LogP) is 1.31. The lowest BCUT2D eigenvalue weighted by atomic mass is 9.81. The Morgan fingerprint density at radius 3 is 2.87 bits per heavy atom. The number of rotatable bonds is 5. The van der Waals surface area contributed by atoms with E-state index in [0.717, 1.165) is 32.4 Å². The fraction of sp³-hybridized carbons (Fsp3) is 0.917. The van der Waals surface area contributed by atoms with E-state index in [2.05, 4.69) is 18.7 Å². The summed E-state index contributed by atoms with van der Waals surface area (Å²) in [6, 6.07) is 0. The summed E-state index contributed by atoms with van der Waals surface area (Å²) >= 11 is 0. The van der Waals surface area contributed by atoms with Gasteiger partial charge < -0.3 is 10.0 Å². The predicted molar refractivity (Wildman–Crippen MR) is 60.7 cm³/mol. The summed E-state index contributed by atoms with van der Waals surface area (Å²) in [5, 5.41) is 8.89. The van der Waals surface area contributed by atoms with E-state index in [1.807, 2.05) is 0 Å². The number of carbonyl (C=O) groups is 1. The van der Waals surface area contributed by atoms with E-state index in [1.54, 1.807) is 0 Å². The molecule has 0 aromatic carbocycles. The number of hydrogen-bond donors (Lipinski definition) is 1. The van der Waals surface area contributed by atoms with Gasteiger partial charge in [-0.1, -0.05) is 13.8 Å². The molecule has 0 amide bonds. The third-order valence-corrected chi connectivity index (χ3v) is 3.37. The third kappa shape index (κ3) is 3.92. The van der Waals surface area contributed by atoms with Gasteiger partial charge in [0.2, 0.25) is 0 Å². The number of nitrogens with zero attached hydrogens (tertiary/aromatic N) is 1. The maximum atomic E-state index is 11.7. The molecule has 1 N–H and O–H groups in total. The fourth-order valence-electron chi connectivity index (χ4n) is 2.34. The SMILES string of the molecule is CCN(CCO)CC1CC(C)CCC1=O. The summed E-state index contributed by atoms with van der Waals surface area (Å²) in [7, 11) is 0. The highest BCUT2D eigenvalue weighted by Gasteiger charge is 2.27. The molecule has 3 nitrogen and oxygen atoms in total. The van der Waals surface area contributed by atoms with Crippen LogP contribution in [0, 0.1) is 11.8 Å². The summed E-state index contributed by atoms with van der Waals surface area (Å²) in [5.41, 5.74) is 0. The molecule has 1 aliphatic rings. The van der Waals surface area contributed by atoms with Gasteiger partial charge in [0.15, 0.2) is 0 Å². The first kappa shape index (κ1) is 12.7. The number of Topliss-reactive ketones (excluding diaryl/α,β-unsaturated/α-hetero) is 1. The van der Waals surface area contributed by atoms with Gasteiger partial charge in [0.25, 0.3) is 0 Å². The zero-order chi connectivity index (χ0) is 11.3. The summed E-state index contributed by atoms with van der Waals surface area (Å²) in [5.74, 6) is 1.31. The van der Waals surface area contributed by atoms with Gasteiger partial charge in [0.1, 0.15) is 5.78 Å². The highest BCUT2D eigenvalue weighted by molar-refractivity contribution is 5.81. The molecule has 1 fully saturated rings. The molecule has 1 rings (SSSR count). The molecule has 0 heterocycles. The van der Waals surface area contributed by atoms with Gasteiger partial charge in [0, 0.05) is 25.4 Å². The molecular formula is C12H23NO2. The van der Waals surface area contributed by atoms with Crippen LogP contribution in [0.1, 0.15) is 33.1 Å². The van der Waals surface area contributed by atoms with Gasteiger partial charge in [0.05, 0.1) is 6.61 Å². The van der Waals surface area contributed by atoms with E-state index in [9.17, 15) is 4.79 Å². The lowest BCUT2D eigenvalue weighted by Gasteiger charge is -2.30. The molecule has 1 saturated carbocycles. The highest BCUT2D eigenvalue weighted by Crippen LogP contribution is 2.26. The van der Waals surface area contributed by atoms with E-state index < -0.39 is 0 Å². The maximum absolute atomic E-state index is 11.7. The van der Waals surface area contributed by atoms with Gasteiger partial charge in [-0.25, -0.2) is 0 Å². The van der Waals surface area contributed by atoms with Crippen LogP contribution in [0.3, 0.4) is 0 Å². The normalized spacial score (nSPS) is 27.3. The van der Waals surface area contributed by atoms with Gasteiger partial charge >= 0.3 is 0 Å². The van der Waals surface area contributed by atoms with Crippen LogP contribution in [0.15, 0.2) is 0 Å². The standard InChI is InChI=1S/C12H23NO2/c1-3-13(6-7-14)9-11-8-10(2)4-5-12(11)15/h10-11,14H,3-9H2,1-2H3. The number of carbonyl (C=O) groups excluding carboxylic acids is 1. The van der Waals surface area contributed by atoms with Crippen molar-refractivity contribution in [3.8, 4) is 0 Å². The van der Waals surface area contributed by atoms with Crippen molar-refractivity contribution >= 4 is 5.78 Å². The van der Waals surface area contributed by atoms with Gasteiger partial charge in [-0.15, -0.1) is 0 Å². The topological polar surface area (TPSA) is 40.5 Å². The van der Waals surface area contributed by atoms with E-state index in [0.29, 0.717) is 18.2 Å². The van der Waals surface area contributed by atoms with Gasteiger partial charge in [-0.2, -0.15) is 0 Å². The van der Waals surface area contributed by atoms with Crippen molar-refractivity contribution < 1.29 is 9.90 Å². The average Bonchev–Trinajstić information content (AvgIpc) is 2.22. The smallest absolute Gasteiger partial charge is 0.137 e. The molecule has 3 heteroatoms. The van der Waals surface area contributed by atoms with Crippen molar-refractivity contribution in [1.29, 1.82) is 0 Å². The molecule has 0 bridgehead atoms. The Morgan fingerprint density at radius 2 is 2.27 bits per heavy atom. The number of hydrogen-bond acceptors (Lipinski definition) is 3. The van der Waals surface area contributed by atoms with Crippen LogP contribution < -0.4 is 0 Å². The Labute approximate surface area is 92.5 Å². The zero-order valence-corrected chi connectivity index (χ0v) is 9.91. The lowest BCUT2D eigenvalue weighted by Crippen LogP contribution is -2.37. The molecule has 0 radical (unpaired) electrons. The number of ketones is 1. The molecular weight excluding hydrogens is 190 g/mol. The molecule has 2 atom stereocenters. The Balaban J connectivity index is 2.43. The monoisotopic (exact) mass is 213 g/mol.